The Hall–Kier alpha value is -1.63. The van der Waals surface area contributed by atoms with Crippen LogP contribution >= 0.6 is 0 Å². The summed E-state index contributed by atoms with van der Waals surface area (Å²) in [6.07, 6.45) is 5.49. The number of imide groups is 1. The number of carboxylic acids is 1. The van der Waals surface area contributed by atoms with Crippen molar-refractivity contribution in [2.24, 2.45) is 11.8 Å². The zero-order valence-corrected chi connectivity index (χ0v) is 13.7. The van der Waals surface area contributed by atoms with Gasteiger partial charge in [0.1, 0.15) is 0 Å². The molecule has 1 saturated carbocycles. The van der Waals surface area contributed by atoms with E-state index in [9.17, 15) is 14.4 Å². The molecular weight excluding hydrogens is 298 g/mol. The zero-order chi connectivity index (χ0) is 16.8. The molecule has 0 aromatic heterocycles. The average Bonchev–Trinajstić information content (AvgIpc) is 2.50. The second-order valence-corrected chi connectivity index (χ2v) is 6.78. The van der Waals surface area contributed by atoms with Crippen LogP contribution in [-0.4, -0.2) is 53.6 Å². The van der Waals surface area contributed by atoms with E-state index >= 15 is 0 Å². The quantitative estimate of drug-likeness (QED) is 0.721. The molecule has 1 aliphatic heterocycles. The number of amides is 3. The van der Waals surface area contributed by atoms with Gasteiger partial charge in [-0.25, -0.2) is 4.79 Å². The molecule has 1 aliphatic carbocycles. The van der Waals surface area contributed by atoms with E-state index in [-0.39, 0.29) is 24.4 Å². The molecule has 3 N–H and O–H groups in total. The lowest BCUT2D eigenvalue weighted by Crippen LogP contribution is -2.50. The summed E-state index contributed by atoms with van der Waals surface area (Å²) in [6, 6.07) is -0.281. The topological polar surface area (TPSA) is 98.7 Å². The van der Waals surface area contributed by atoms with Crippen molar-refractivity contribution in [2.75, 3.05) is 19.6 Å². The summed E-state index contributed by atoms with van der Waals surface area (Å²) in [6.45, 7) is 3.41. The summed E-state index contributed by atoms with van der Waals surface area (Å²) < 4.78 is 0. The molecule has 2 atom stereocenters. The Morgan fingerprint density at radius 2 is 1.74 bits per heavy atom. The van der Waals surface area contributed by atoms with Crippen LogP contribution in [0.2, 0.25) is 0 Å². The normalized spacial score (nSPS) is 26.5. The molecule has 1 saturated heterocycles. The molecule has 0 aromatic rings. The summed E-state index contributed by atoms with van der Waals surface area (Å²) >= 11 is 0. The van der Waals surface area contributed by atoms with Gasteiger partial charge in [-0.05, 0) is 44.7 Å². The van der Waals surface area contributed by atoms with E-state index in [1.54, 1.807) is 0 Å². The number of aliphatic carboxylic acids is 1. The number of carboxylic acid groups (broad SMARTS) is 1. The first kappa shape index (κ1) is 17.7. The van der Waals surface area contributed by atoms with Gasteiger partial charge in [0.05, 0.1) is 12.5 Å². The average molecular weight is 325 g/mol. The van der Waals surface area contributed by atoms with Crippen molar-refractivity contribution in [2.45, 2.75) is 51.5 Å². The van der Waals surface area contributed by atoms with Crippen molar-refractivity contribution in [3.8, 4) is 0 Å². The van der Waals surface area contributed by atoms with Gasteiger partial charge in [-0.2, -0.15) is 0 Å². The zero-order valence-electron chi connectivity index (χ0n) is 13.7. The van der Waals surface area contributed by atoms with Crippen LogP contribution in [0.4, 0.5) is 4.79 Å². The van der Waals surface area contributed by atoms with E-state index in [0.29, 0.717) is 31.8 Å². The minimum atomic E-state index is -0.768. The smallest absolute Gasteiger partial charge is 0.321 e. The first-order valence-corrected chi connectivity index (χ1v) is 8.51. The van der Waals surface area contributed by atoms with Crippen LogP contribution in [-0.2, 0) is 9.59 Å². The second-order valence-electron chi connectivity index (χ2n) is 6.78. The van der Waals surface area contributed by atoms with Gasteiger partial charge >= 0.3 is 12.0 Å². The Bertz CT molecular complexity index is 447. The van der Waals surface area contributed by atoms with Crippen molar-refractivity contribution in [1.29, 1.82) is 0 Å². The fourth-order valence-corrected chi connectivity index (χ4v) is 3.44. The van der Waals surface area contributed by atoms with Gasteiger partial charge in [-0.3, -0.25) is 19.8 Å². The van der Waals surface area contributed by atoms with E-state index in [0.717, 1.165) is 19.3 Å². The Morgan fingerprint density at radius 3 is 2.35 bits per heavy atom. The highest BCUT2D eigenvalue weighted by Crippen LogP contribution is 2.23. The highest BCUT2D eigenvalue weighted by molar-refractivity contribution is 5.95. The lowest BCUT2D eigenvalue weighted by atomic mass is 9.86. The van der Waals surface area contributed by atoms with Gasteiger partial charge in [0.25, 0.3) is 0 Å². The van der Waals surface area contributed by atoms with E-state index in [4.69, 9.17) is 5.11 Å². The molecular formula is C16H27N3O4. The molecule has 130 valence electrons. The number of urea groups is 1. The Balaban J connectivity index is 1.68. The van der Waals surface area contributed by atoms with Gasteiger partial charge in [-0.15, -0.1) is 0 Å². The molecule has 0 aromatic carbocycles. The minimum absolute atomic E-state index is 0.139. The van der Waals surface area contributed by atoms with Gasteiger partial charge in [-0.1, -0.05) is 19.8 Å². The maximum absolute atomic E-state index is 11.9. The van der Waals surface area contributed by atoms with Crippen LogP contribution < -0.4 is 10.6 Å². The van der Waals surface area contributed by atoms with Crippen molar-refractivity contribution in [3.63, 3.8) is 0 Å². The number of carbonyl (C=O) groups excluding carboxylic acids is 2. The van der Waals surface area contributed by atoms with Crippen LogP contribution in [0.25, 0.3) is 0 Å². The van der Waals surface area contributed by atoms with Gasteiger partial charge < -0.3 is 10.4 Å². The molecule has 0 radical (unpaired) electrons. The van der Waals surface area contributed by atoms with Crippen molar-refractivity contribution in [1.82, 2.24) is 15.5 Å². The van der Waals surface area contributed by atoms with E-state index in [2.05, 4.69) is 17.6 Å². The van der Waals surface area contributed by atoms with E-state index in [1.807, 2.05) is 4.90 Å². The third-order valence-electron chi connectivity index (χ3n) is 4.98. The molecule has 2 unspecified atom stereocenters. The first-order chi connectivity index (χ1) is 11.0. The maximum Gasteiger partial charge on any atom is 0.321 e. The van der Waals surface area contributed by atoms with Gasteiger partial charge in [0, 0.05) is 6.04 Å². The molecule has 2 rings (SSSR count). The maximum atomic E-state index is 11.9. The van der Waals surface area contributed by atoms with Crippen LogP contribution in [0, 0.1) is 11.8 Å². The molecule has 0 spiro atoms. The summed E-state index contributed by atoms with van der Waals surface area (Å²) in [5, 5.41) is 14.2. The summed E-state index contributed by atoms with van der Waals surface area (Å²) in [7, 11) is 0. The SMILES string of the molecule is CC1CCCCC1NC(=O)NC(=O)CN1CCC(C(=O)O)CC1. The number of nitrogens with zero attached hydrogens (tertiary/aromatic N) is 1. The van der Waals surface area contributed by atoms with Crippen molar-refractivity contribution >= 4 is 17.9 Å². The summed E-state index contributed by atoms with van der Waals surface area (Å²) in [5.74, 6) is -0.972. The number of likely N-dealkylation sites (tertiary alicyclic amines) is 1. The van der Waals surface area contributed by atoms with Gasteiger partial charge in [0.15, 0.2) is 0 Å². The third-order valence-corrected chi connectivity index (χ3v) is 4.98. The molecule has 2 aliphatic rings. The number of piperidine rings is 1. The second kappa shape index (κ2) is 8.29. The molecule has 1 heterocycles. The van der Waals surface area contributed by atoms with Crippen LogP contribution in [0.1, 0.15) is 45.4 Å². The Morgan fingerprint density at radius 1 is 1.09 bits per heavy atom. The molecule has 2 fully saturated rings. The predicted octanol–water partition coefficient (Wildman–Crippen LogP) is 1.19. The predicted molar refractivity (Wildman–Crippen MR) is 84.9 cm³/mol. The number of nitrogens with one attached hydrogen (secondary N) is 2. The van der Waals surface area contributed by atoms with Crippen molar-refractivity contribution < 1.29 is 19.5 Å². The molecule has 23 heavy (non-hydrogen) atoms. The Labute approximate surface area is 136 Å². The lowest BCUT2D eigenvalue weighted by Gasteiger charge is -2.30. The van der Waals surface area contributed by atoms with Crippen molar-refractivity contribution in [3.05, 3.63) is 0 Å². The van der Waals surface area contributed by atoms with Gasteiger partial charge in [0.2, 0.25) is 5.91 Å². The molecule has 7 heteroatoms. The van der Waals surface area contributed by atoms with E-state index in [1.165, 1.54) is 6.42 Å². The first-order valence-electron chi connectivity index (χ1n) is 8.51. The minimum Gasteiger partial charge on any atom is -0.481 e. The molecule has 3 amide bonds. The summed E-state index contributed by atoms with van der Waals surface area (Å²) in [5.41, 5.74) is 0. The highest BCUT2D eigenvalue weighted by atomic mass is 16.4. The fourth-order valence-electron chi connectivity index (χ4n) is 3.44. The molecule has 7 nitrogen and oxygen atoms in total. The Kier molecular flexibility index (Phi) is 6.38. The van der Waals surface area contributed by atoms with E-state index < -0.39 is 12.0 Å². The third kappa shape index (κ3) is 5.49. The fraction of sp³-hybridized carbons (Fsp3) is 0.812. The monoisotopic (exact) mass is 325 g/mol. The molecule has 0 bridgehead atoms. The van der Waals surface area contributed by atoms with Crippen LogP contribution in [0.3, 0.4) is 0 Å². The lowest BCUT2D eigenvalue weighted by molar-refractivity contribution is -0.143. The highest BCUT2D eigenvalue weighted by Gasteiger charge is 2.26. The number of carbonyl (C=O) groups is 3. The number of hydrogen-bond acceptors (Lipinski definition) is 4. The van der Waals surface area contributed by atoms with Crippen LogP contribution in [0.5, 0.6) is 0 Å². The number of hydrogen-bond donors (Lipinski definition) is 3. The standard InChI is InChI=1S/C16H27N3O4/c1-11-4-2-3-5-13(11)17-16(23)18-14(20)10-19-8-6-12(7-9-19)15(21)22/h11-13H,2-10H2,1H3,(H,21,22)(H2,17,18,20,23). The summed E-state index contributed by atoms with van der Waals surface area (Å²) in [4.78, 5) is 36.6. The number of rotatable bonds is 4. The largest absolute Gasteiger partial charge is 0.481 e. The van der Waals surface area contributed by atoms with Crippen LogP contribution in [0.15, 0.2) is 0 Å².